The number of nitrogens with two attached hydrogens (primary N) is 1. The highest BCUT2D eigenvalue weighted by atomic mass is 16.6. The molecule has 0 atom stereocenters. The van der Waals surface area contributed by atoms with E-state index in [-0.39, 0.29) is 5.97 Å². The van der Waals surface area contributed by atoms with Crippen LogP contribution in [0.15, 0.2) is 30.3 Å². The number of carbonyl (C=O) groups excluding carboxylic acids is 1. The first kappa shape index (κ1) is 13.5. The molecule has 0 bridgehead atoms. The van der Waals surface area contributed by atoms with E-state index in [2.05, 4.69) is 0 Å². The zero-order valence-corrected chi connectivity index (χ0v) is 10.6. The van der Waals surface area contributed by atoms with E-state index in [9.17, 15) is 4.79 Å². The summed E-state index contributed by atoms with van der Waals surface area (Å²) in [6, 6.07) is 7.72. The number of ether oxygens (including phenoxy) is 1. The molecule has 0 aliphatic heterocycles. The maximum atomic E-state index is 11.4. The van der Waals surface area contributed by atoms with Gasteiger partial charge in [-0.15, -0.1) is 0 Å². The van der Waals surface area contributed by atoms with Crippen molar-refractivity contribution in [2.24, 2.45) is 5.73 Å². The molecule has 0 unspecified atom stereocenters. The van der Waals surface area contributed by atoms with E-state index >= 15 is 0 Å². The summed E-state index contributed by atoms with van der Waals surface area (Å²) in [6.45, 7) is 6.05. The molecule has 0 heterocycles. The highest BCUT2D eigenvalue weighted by Gasteiger charge is 2.13. The lowest BCUT2D eigenvalue weighted by Crippen LogP contribution is -2.22. The normalized spacial score (nSPS) is 11.8. The smallest absolute Gasteiger partial charge is 0.331 e. The van der Waals surface area contributed by atoms with Gasteiger partial charge in [0.25, 0.3) is 0 Å². The van der Waals surface area contributed by atoms with Gasteiger partial charge in [0, 0.05) is 12.6 Å². The van der Waals surface area contributed by atoms with Gasteiger partial charge < -0.3 is 10.5 Å². The van der Waals surface area contributed by atoms with Crippen molar-refractivity contribution >= 4 is 12.0 Å². The van der Waals surface area contributed by atoms with Crippen molar-refractivity contribution in [3.63, 3.8) is 0 Å². The highest BCUT2D eigenvalue weighted by molar-refractivity contribution is 5.87. The molecule has 0 spiro atoms. The molecule has 1 rings (SSSR count). The Morgan fingerprint density at radius 1 is 1.29 bits per heavy atom. The molecule has 0 radical (unpaired) electrons. The van der Waals surface area contributed by atoms with Crippen LogP contribution in [0.2, 0.25) is 0 Å². The van der Waals surface area contributed by atoms with E-state index in [4.69, 9.17) is 10.5 Å². The van der Waals surface area contributed by atoms with E-state index in [1.54, 1.807) is 6.08 Å². The van der Waals surface area contributed by atoms with Crippen molar-refractivity contribution in [1.82, 2.24) is 0 Å². The Kier molecular flexibility index (Phi) is 4.46. The summed E-state index contributed by atoms with van der Waals surface area (Å²) in [7, 11) is 0. The second kappa shape index (κ2) is 5.64. The maximum Gasteiger partial charge on any atom is 0.331 e. The number of benzene rings is 1. The fraction of sp³-hybridized carbons (Fsp3) is 0.357. The first-order chi connectivity index (χ1) is 7.90. The summed E-state index contributed by atoms with van der Waals surface area (Å²) >= 11 is 0. The second-order valence-corrected chi connectivity index (χ2v) is 4.81. The summed E-state index contributed by atoms with van der Waals surface area (Å²) in [5.41, 5.74) is 7.07. The molecule has 0 saturated carbocycles. The van der Waals surface area contributed by atoms with Gasteiger partial charge >= 0.3 is 5.97 Å². The SMILES string of the molecule is CC(C)(C)OC(=O)C=Cc1ccc(CN)cc1. The minimum absolute atomic E-state index is 0.333. The number of carbonyl (C=O) groups is 1. The first-order valence-electron chi connectivity index (χ1n) is 5.61. The maximum absolute atomic E-state index is 11.4. The molecule has 0 aliphatic rings. The largest absolute Gasteiger partial charge is 0.457 e. The van der Waals surface area contributed by atoms with Crippen LogP contribution in [0.1, 0.15) is 31.9 Å². The standard InChI is InChI=1S/C14H19NO2/c1-14(2,3)17-13(16)9-8-11-4-6-12(10-15)7-5-11/h4-9H,10,15H2,1-3H3. The molecule has 3 nitrogen and oxygen atoms in total. The van der Waals surface area contributed by atoms with Crippen molar-refractivity contribution in [3.8, 4) is 0 Å². The summed E-state index contributed by atoms with van der Waals surface area (Å²) in [6.07, 6.45) is 3.16. The average molecular weight is 233 g/mol. The van der Waals surface area contributed by atoms with Crippen LogP contribution in [0.3, 0.4) is 0 Å². The lowest BCUT2D eigenvalue weighted by atomic mass is 10.1. The van der Waals surface area contributed by atoms with Gasteiger partial charge in [-0.25, -0.2) is 4.79 Å². The van der Waals surface area contributed by atoms with Gasteiger partial charge in [0.1, 0.15) is 5.60 Å². The quantitative estimate of drug-likeness (QED) is 0.644. The Bertz CT molecular complexity index is 399. The van der Waals surface area contributed by atoms with Crippen molar-refractivity contribution in [3.05, 3.63) is 41.5 Å². The summed E-state index contributed by atoms with van der Waals surface area (Å²) < 4.78 is 5.16. The molecule has 2 N–H and O–H groups in total. The number of esters is 1. The minimum atomic E-state index is -0.454. The molecule has 0 saturated heterocycles. The van der Waals surface area contributed by atoms with Gasteiger partial charge in [-0.05, 0) is 38.0 Å². The second-order valence-electron chi connectivity index (χ2n) is 4.81. The van der Waals surface area contributed by atoms with Crippen molar-refractivity contribution in [2.75, 3.05) is 0 Å². The first-order valence-corrected chi connectivity index (χ1v) is 5.61. The molecular weight excluding hydrogens is 214 g/mol. The van der Waals surface area contributed by atoms with Gasteiger partial charge in [-0.1, -0.05) is 24.3 Å². The van der Waals surface area contributed by atoms with Crippen LogP contribution < -0.4 is 5.73 Å². The van der Waals surface area contributed by atoms with E-state index in [1.165, 1.54) is 6.08 Å². The molecule has 92 valence electrons. The topological polar surface area (TPSA) is 52.3 Å². The number of hydrogen-bond donors (Lipinski definition) is 1. The molecular formula is C14H19NO2. The molecule has 1 aromatic carbocycles. The lowest BCUT2D eigenvalue weighted by molar-refractivity contribution is -0.148. The Morgan fingerprint density at radius 3 is 2.35 bits per heavy atom. The Hall–Kier alpha value is -1.61. The molecule has 17 heavy (non-hydrogen) atoms. The third-order valence-corrected chi connectivity index (χ3v) is 2.03. The predicted octanol–water partition coefficient (Wildman–Crippen LogP) is 2.50. The van der Waals surface area contributed by atoms with Gasteiger partial charge in [-0.3, -0.25) is 0 Å². The summed E-state index contributed by atoms with van der Waals surface area (Å²) in [5, 5.41) is 0. The lowest BCUT2D eigenvalue weighted by Gasteiger charge is -2.17. The van der Waals surface area contributed by atoms with Crippen LogP contribution in [0, 0.1) is 0 Å². The molecule has 0 fully saturated rings. The average Bonchev–Trinajstić information content (AvgIpc) is 2.25. The van der Waals surface area contributed by atoms with Crippen LogP contribution >= 0.6 is 0 Å². The molecule has 0 aliphatic carbocycles. The predicted molar refractivity (Wildman–Crippen MR) is 69.2 cm³/mol. The zero-order valence-electron chi connectivity index (χ0n) is 10.6. The van der Waals surface area contributed by atoms with Gasteiger partial charge in [0.15, 0.2) is 0 Å². The van der Waals surface area contributed by atoms with Crippen LogP contribution in [0.4, 0.5) is 0 Å². The van der Waals surface area contributed by atoms with Gasteiger partial charge in [0.2, 0.25) is 0 Å². The fourth-order valence-corrected chi connectivity index (χ4v) is 1.26. The molecule has 0 aromatic heterocycles. The summed E-state index contributed by atoms with van der Waals surface area (Å²) in [5.74, 6) is -0.333. The third kappa shape index (κ3) is 5.31. The van der Waals surface area contributed by atoms with Gasteiger partial charge in [-0.2, -0.15) is 0 Å². The van der Waals surface area contributed by atoms with Crippen molar-refractivity contribution in [1.29, 1.82) is 0 Å². The van der Waals surface area contributed by atoms with Crippen LogP contribution in [-0.4, -0.2) is 11.6 Å². The number of rotatable bonds is 3. The monoisotopic (exact) mass is 233 g/mol. The van der Waals surface area contributed by atoms with Crippen molar-refractivity contribution in [2.45, 2.75) is 32.9 Å². The highest BCUT2D eigenvalue weighted by Crippen LogP contribution is 2.09. The van der Waals surface area contributed by atoms with E-state index in [0.717, 1.165) is 11.1 Å². The Labute approximate surface area is 102 Å². The van der Waals surface area contributed by atoms with E-state index in [1.807, 2.05) is 45.0 Å². The summed E-state index contributed by atoms with van der Waals surface area (Å²) in [4.78, 5) is 11.4. The van der Waals surface area contributed by atoms with E-state index < -0.39 is 5.60 Å². The zero-order chi connectivity index (χ0) is 12.9. The van der Waals surface area contributed by atoms with Gasteiger partial charge in [0.05, 0.1) is 0 Å². The molecule has 0 amide bonds. The minimum Gasteiger partial charge on any atom is -0.457 e. The molecule has 1 aromatic rings. The molecule has 3 heteroatoms. The van der Waals surface area contributed by atoms with Crippen LogP contribution in [0.5, 0.6) is 0 Å². The van der Waals surface area contributed by atoms with Crippen molar-refractivity contribution < 1.29 is 9.53 Å². The third-order valence-electron chi connectivity index (χ3n) is 2.03. The van der Waals surface area contributed by atoms with E-state index in [0.29, 0.717) is 6.54 Å². The van der Waals surface area contributed by atoms with Crippen LogP contribution in [-0.2, 0) is 16.1 Å². The Morgan fingerprint density at radius 2 is 1.88 bits per heavy atom. The van der Waals surface area contributed by atoms with Crippen LogP contribution in [0.25, 0.3) is 6.08 Å². The fourth-order valence-electron chi connectivity index (χ4n) is 1.26. The number of hydrogen-bond acceptors (Lipinski definition) is 3. The Balaban J connectivity index is 2.61.